The Balaban J connectivity index is 1.95. The van der Waals surface area contributed by atoms with Gasteiger partial charge in [0.05, 0.1) is 12.1 Å². The molecule has 6 heteroatoms. The Kier molecular flexibility index (Phi) is 6.33. The standard InChI is InChI=1S/C17H22BrN3OS/c1-3-17(19,4-2)11-20-15(22)9-14-10-23-16(21-14)12-6-5-7-13(18)8-12/h5-8,10H,3-4,9,11,19H2,1-2H3,(H,20,22). The molecule has 0 saturated heterocycles. The van der Waals surface area contributed by atoms with Gasteiger partial charge >= 0.3 is 0 Å². The molecule has 1 heterocycles. The van der Waals surface area contributed by atoms with Crippen molar-refractivity contribution in [1.82, 2.24) is 10.3 Å². The predicted octanol–water partition coefficient (Wildman–Crippen LogP) is 3.75. The number of hydrogen-bond donors (Lipinski definition) is 2. The molecule has 0 saturated carbocycles. The summed E-state index contributed by atoms with van der Waals surface area (Å²) in [5.74, 6) is -0.0344. The number of carbonyl (C=O) groups excluding carboxylic acids is 1. The zero-order valence-corrected chi connectivity index (χ0v) is 15.8. The van der Waals surface area contributed by atoms with Crippen LogP contribution in [0.2, 0.25) is 0 Å². The van der Waals surface area contributed by atoms with Gasteiger partial charge in [-0.2, -0.15) is 0 Å². The zero-order valence-electron chi connectivity index (χ0n) is 13.4. The first-order chi connectivity index (χ1) is 11.0. The fourth-order valence-corrected chi connectivity index (χ4v) is 3.36. The van der Waals surface area contributed by atoms with Gasteiger partial charge in [0.25, 0.3) is 0 Å². The Labute approximate surface area is 149 Å². The van der Waals surface area contributed by atoms with Gasteiger partial charge in [0.15, 0.2) is 0 Å². The van der Waals surface area contributed by atoms with Gasteiger partial charge in [0, 0.05) is 27.5 Å². The highest BCUT2D eigenvalue weighted by Crippen LogP contribution is 2.26. The third-order valence-corrected chi connectivity index (χ3v) is 5.44. The molecule has 0 atom stereocenters. The predicted molar refractivity (Wildman–Crippen MR) is 99.5 cm³/mol. The van der Waals surface area contributed by atoms with Crippen molar-refractivity contribution in [1.29, 1.82) is 0 Å². The highest BCUT2D eigenvalue weighted by Gasteiger charge is 2.21. The molecule has 124 valence electrons. The van der Waals surface area contributed by atoms with Crippen molar-refractivity contribution in [2.24, 2.45) is 5.73 Å². The van der Waals surface area contributed by atoms with Crippen molar-refractivity contribution in [3.8, 4) is 10.6 Å². The lowest BCUT2D eigenvalue weighted by Gasteiger charge is -2.26. The molecular weight excluding hydrogens is 374 g/mol. The van der Waals surface area contributed by atoms with Crippen LogP contribution in [0.15, 0.2) is 34.1 Å². The van der Waals surface area contributed by atoms with Gasteiger partial charge in [0.2, 0.25) is 5.91 Å². The SMILES string of the molecule is CCC(N)(CC)CNC(=O)Cc1csc(-c2cccc(Br)c2)n1. The Hall–Kier alpha value is -1.24. The van der Waals surface area contributed by atoms with Crippen molar-refractivity contribution in [2.75, 3.05) is 6.54 Å². The summed E-state index contributed by atoms with van der Waals surface area (Å²) in [4.78, 5) is 16.6. The van der Waals surface area contributed by atoms with Gasteiger partial charge in [-0.15, -0.1) is 11.3 Å². The molecule has 2 rings (SSSR count). The monoisotopic (exact) mass is 395 g/mol. The van der Waals surface area contributed by atoms with Crippen LogP contribution in [0.5, 0.6) is 0 Å². The summed E-state index contributed by atoms with van der Waals surface area (Å²) >= 11 is 5.01. The maximum Gasteiger partial charge on any atom is 0.226 e. The molecule has 3 N–H and O–H groups in total. The lowest BCUT2D eigenvalue weighted by atomic mass is 9.94. The van der Waals surface area contributed by atoms with Crippen LogP contribution in [0.4, 0.5) is 0 Å². The van der Waals surface area contributed by atoms with E-state index in [2.05, 4.69) is 26.2 Å². The fourth-order valence-electron chi connectivity index (χ4n) is 2.14. The summed E-state index contributed by atoms with van der Waals surface area (Å²) in [6.45, 7) is 4.59. The largest absolute Gasteiger partial charge is 0.354 e. The molecular formula is C17H22BrN3OS. The maximum absolute atomic E-state index is 12.1. The smallest absolute Gasteiger partial charge is 0.226 e. The van der Waals surface area contributed by atoms with E-state index in [0.717, 1.165) is 33.6 Å². The number of nitrogens with two attached hydrogens (primary N) is 1. The van der Waals surface area contributed by atoms with Crippen molar-refractivity contribution in [2.45, 2.75) is 38.6 Å². The summed E-state index contributed by atoms with van der Waals surface area (Å²) < 4.78 is 1.02. The van der Waals surface area contributed by atoms with Crippen molar-refractivity contribution in [3.05, 3.63) is 39.8 Å². The molecule has 0 spiro atoms. The normalized spacial score (nSPS) is 11.5. The van der Waals surface area contributed by atoms with Gasteiger partial charge in [-0.25, -0.2) is 4.98 Å². The maximum atomic E-state index is 12.1. The number of benzene rings is 1. The minimum Gasteiger partial charge on any atom is -0.354 e. The van der Waals surface area contributed by atoms with E-state index in [4.69, 9.17) is 5.73 Å². The number of thiazole rings is 1. The van der Waals surface area contributed by atoms with Crippen LogP contribution in [-0.4, -0.2) is 23.0 Å². The Morgan fingerprint density at radius 3 is 2.78 bits per heavy atom. The second-order valence-corrected chi connectivity index (χ2v) is 7.45. The van der Waals surface area contributed by atoms with Gasteiger partial charge in [-0.05, 0) is 25.0 Å². The van der Waals surface area contributed by atoms with E-state index in [1.807, 2.05) is 43.5 Å². The molecule has 2 aromatic rings. The quantitative estimate of drug-likeness (QED) is 0.749. The van der Waals surface area contributed by atoms with Crippen LogP contribution in [0.3, 0.4) is 0 Å². The van der Waals surface area contributed by atoms with E-state index >= 15 is 0 Å². The fraction of sp³-hybridized carbons (Fsp3) is 0.412. The number of hydrogen-bond acceptors (Lipinski definition) is 4. The van der Waals surface area contributed by atoms with Gasteiger partial charge < -0.3 is 11.1 Å². The molecule has 0 bridgehead atoms. The van der Waals surface area contributed by atoms with Gasteiger partial charge in [0.1, 0.15) is 5.01 Å². The minimum absolute atomic E-state index is 0.0344. The van der Waals surface area contributed by atoms with Crippen LogP contribution >= 0.6 is 27.3 Å². The molecule has 0 radical (unpaired) electrons. The number of carbonyl (C=O) groups is 1. The highest BCUT2D eigenvalue weighted by atomic mass is 79.9. The Morgan fingerprint density at radius 1 is 1.39 bits per heavy atom. The number of halogens is 1. The molecule has 0 aliphatic carbocycles. The lowest BCUT2D eigenvalue weighted by Crippen LogP contribution is -2.49. The zero-order chi connectivity index (χ0) is 16.9. The average molecular weight is 396 g/mol. The van der Waals surface area contributed by atoms with Crippen LogP contribution in [-0.2, 0) is 11.2 Å². The highest BCUT2D eigenvalue weighted by molar-refractivity contribution is 9.10. The van der Waals surface area contributed by atoms with Crippen molar-refractivity contribution < 1.29 is 4.79 Å². The summed E-state index contributed by atoms with van der Waals surface area (Å²) in [6.07, 6.45) is 1.97. The summed E-state index contributed by atoms with van der Waals surface area (Å²) in [6, 6.07) is 7.99. The van der Waals surface area contributed by atoms with Crippen molar-refractivity contribution in [3.63, 3.8) is 0 Å². The number of aromatic nitrogens is 1. The van der Waals surface area contributed by atoms with E-state index in [-0.39, 0.29) is 17.9 Å². The van der Waals surface area contributed by atoms with Crippen LogP contribution in [0.25, 0.3) is 10.6 Å². The molecule has 1 aromatic heterocycles. The number of nitrogens with one attached hydrogen (secondary N) is 1. The van der Waals surface area contributed by atoms with Gasteiger partial charge in [-0.3, -0.25) is 4.79 Å². The summed E-state index contributed by atoms with van der Waals surface area (Å²) in [5, 5.41) is 5.78. The first kappa shape index (κ1) is 18.1. The summed E-state index contributed by atoms with van der Waals surface area (Å²) in [5.41, 5.74) is 7.72. The molecule has 4 nitrogen and oxygen atoms in total. The molecule has 0 unspecified atom stereocenters. The van der Waals surface area contributed by atoms with Crippen LogP contribution in [0, 0.1) is 0 Å². The second-order valence-electron chi connectivity index (χ2n) is 5.68. The molecule has 0 aliphatic rings. The number of amides is 1. The van der Waals surface area contributed by atoms with E-state index in [1.54, 1.807) is 11.3 Å². The van der Waals surface area contributed by atoms with Crippen LogP contribution < -0.4 is 11.1 Å². The van der Waals surface area contributed by atoms with E-state index in [9.17, 15) is 4.79 Å². The van der Waals surface area contributed by atoms with E-state index in [1.165, 1.54) is 0 Å². The van der Waals surface area contributed by atoms with Gasteiger partial charge in [-0.1, -0.05) is 41.9 Å². The van der Waals surface area contributed by atoms with Crippen LogP contribution in [0.1, 0.15) is 32.4 Å². The number of rotatable bonds is 7. The van der Waals surface area contributed by atoms with E-state index < -0.39 is 0 Å². The Morgan fingerprint density at radius 2 is 2.13 bits per heavy atom. The third kappa shape index (κ3) is 5.12. The number of nitrogens with zero attached hydrogens (tertiary/aromatic N) is 1. The molecule has 0 aliphatic heterocycles. The summed E-state index contributed by atoms with van der Waals surface area (Å²) in [7, 11) is 0. The lowest BCUT2D eigenvalue weighted by molar-refractivity contribution is -0.120. The molecule has 1 aromatic carbocycles. The first-order valence-corrected chi connectivity index (χ1v) is 9.39. The molecule has 0 fully saturated rings. The average Bonchev–Trinajstić information content (AvgIpc) is 3.01. The topological polar surface area (TPSA) is 68.0 Å². The molecule has 23 heavy (non-hydrogen) atoms. The minimum atomic E-state index is -0.320. The second kappa shape index (κ2) is 8.04. The van der Waals surface area contributed by atoms with Crippen molar-refractivity contribution >= 4 is 33.2 Å². The van der Waals surface area contributed by atoms with E-state index in [0.29, 0.717) is 6.54 Å². The Bertz CT molecular complexity index is 667. The first-order valence-electron chi connectivity index (χ1n) is 7.71. The molecule has 1 amide bonds. The third-order valence-electron chi connectivity index (χ3n) is 4.01.